The second-order valence-electron chi connectivity index (χ2n) is 3.05. The van der Waals surface area contributed by atoms with Crippen LogP contribution in [0.5, 0.6) is 0 Å². The van der Waals surface area contributed by atoms with Crippen LogP contribution in [0.25, 0.3) is 5.82 Å². The average molecular weight is 203 g/mol. The average Bonchev–Trinajstić information content (AvgIpc) is 2.27. The van der Waals surface area contributed by atoms with Crippen LogP contribution in [-0.4, -0.2) is 14.1 Å². The van der Waals surface area contributed by atoms with E-state index in [1.807, 2.05) is 0 Å². The topological polar surface area (TPSA) is 56.9 Å². The van der Waals surface area contributed by atoms with Crippen LogP contribution in [0.15, 0.2) is 46.2 Å². The molecule has 5 heteroatoms. The van der Waals surface area contributed by atoms with E-state index in [1.165, 1.54) is 23.9 Å². The van der Waals surface area contributed by atoms with Crippen molar-refractivity contribution < 1.29 is 0 Å². The summed E-state index contributed by atoms with van der Waals surface area (Å²) in [6.07, 6.45) is 3.01. The predicted molar refractivity (Wildman–Crippen MR) is 55.1 cm³/mol. The summed E-state index contributed by atoms with van der Waals surface area (Å²) in [6, 6.07) is 6.57. The fourth-order valence-electron chi connectivity index (χ4n) is 1.24. The molecule has 0 bridgehead atoms. The Balaban J connectivity index is 2.71. The molecular formula is C10H9N3O2. The molecule has 0 N–H and O–H groups in total. The van der Waals surface area contributed by atoms with Gasteiger partial charge in [-0.05, 0) is 12.1 Å². The Labute approximate surface area is 85.3 Å². The number of hydrogen-bond donors (Lipinski definition) is 0. The zero-order chi connectivity index (χ0) is 10.8. The van der Waals surface area contributed by atoms with Gasteiger partial charge in [0.25, 0.3) is 5.56 Å². The van der Waals surface area contributed by atoms with Crippen LogP contribution in [-0.2, 0) is 7.05 Å². The maximum Gasteiger partial charge on any atom is 0.336 e. The van der Waals surface area contributed by atoms with Gasteiger partial charge in [0, 0.05) is 25.5 Å². The van der Waals surface area contributed by atoms with E-state index in [0.29, 0.717) is 5.82 Å². The lowest BCUT2D eigenvalue weighted by Gasteiger charge is -2.04. The van der Waals surface area contributed by atoms with Gasteiger partial charge in [-0.15, -0.1) is 0 Å². The third-order valence-electron chi connectivity index (χ3n) is 2.09. The lowest BCUT2D eigenvalue weighted by Crippen LogP contribution is -2.36. The first kappa shape index (κ1) is 9.39. The highest BCUT2D eigenvalue weighted by molar-refractivity contribution is 5.20. The molecule has 0 radical (unpaired) electrons. The molecule has 0 aliphatic carbocycles. The van der Waals surface area contributed by atoms with Crippen LogP contribution >= 0.6 is 0 Å². The van der Waals surface area contributed by atoms with Gasteiger partial charge < -0.3 is 0 Å². The Morgan fingerprint density at radius 2 is 2.00 bits per heavy atom. The molecule has 0 fully saturated rings. The van der Waals surface area contributed by atoms with Crippen molar-refractivity contribution in [1.29, 1.82) is 0 Å². The number of hydrogen-bond acceptors (Lipinski definition) is 3. The molecule has 0 saturated carbocycles. The third kappa shape index (κ3) is 1.59. The van der Waals surface area contributed by atoms with Crippen molar-refractivity contribution in [2.75, 3.05) is 0 Å². The van der Waals surface area contributed by atoms with E-state index in [-0.39, 0.29) is 5.56 Å². The summed E-state index contributed by atoms with van der Waals surface area (Å²) in [4.78, 5) is 26.9. The normalized spacial score (nSPS) is 10.2. The van der Waals surface area contributed by atoms with Crippen LogP contribution < -0.4 is 11.2 Å². The van der Waals surface area contributed by atoms with Crippen LogP contribution in [0.3, 0.4) is 0 Å². The quantitative estimate of drug-likeness (QED) is 0.652. The van der Waals surface area contributed by atoms with Crippen LogP contribution in [0, 0.1) is 0 Å². The minimum atomic E-state index is -0.402. The monoisotopic (exact) mass is 203 g/mol. The van der Waals surface area contributed by atoms with Gasteiger partial charge in [0.15, 0.2) is 0 Å². The van der Waals surface area contributed by atoms with E-state index in [2.05, 4.69) is 4.98 Å². The summed E-state index contributed by atoms with van der Waals surface area (Å²) >= 11 is 0. The molecule has 0 unspecified atom stereocenters. The summed E-state index contributed by atoms with van der Waals surface area (Å²) < 4.78 is 2.36. The number of pyridine rings is 1. The highest BCUT2D eigenvalue weighted by Gasteiger charge is 2.02. The van der Waals surface area contributed by atoms with Crippen molar-refractivity contribution in [3.05, 3.63) is 57.5 Å². The minimum absolute atomic E-state index is 0.327. The third-order valence-corrected chi connectivity index (χ3v) is 2.09. The van der Waals surface area contributed by atoms with E-state index in [1.54, 1.807) is 24.4 Å². The summed E-state index contributed by atoms with van der Waals surface area (Å²) in [5.41, 5.74) is -0.728. The van der Waals surface area contributed by atoms with E-state index < -0.39 is 5.69 Å². The van der Waals surface area contributed by atoms with Crippen molar-refractivity contribution in [2.45, 2.75) is 0 Å². The van der Waals surface area contributed by atoms with Gasteiger partial charge in [-0.1, -0.05) is 6.07 Å². The van der Waals surface area contributed by atoms with Gasteiger partial charge in [0.1, 0.15) is 5.82 Å². The highest BCUT2D eigenvalue weighted by Crippen LogP contribution is 1.96. The molecule has 0 atom stereocenters. The first-order valence-corrected chi connectivity index (χ1v) is 4.40. The van der Waals surface area contributed by atoms with E-state index in [9.17, 15) is 9.59 Å². The smallest absolute Gasteiger partial charge is 0.269 e. The van der Waals surface area contributed by atoms with Gasteiger partial charge in [-0.2, -0.15) is 0 Å². The van der Waals surface area contributed by atoms with E-state index >= 15 is 0 Å². The van der Waals surface area contributed by atoms with Gasteiger partial charge in [-0.25, -0.2) is 9.78 Å². The van der Waals surface area contributed by atoms with Gasteiger partial charge in [0.2, 0.25) is 0 Å². The maximum absolute atomic E-state index is 11.7. The number of nitrogens with zero attached hydrogens (tertiary/aromatic N) is 3. The number of aromatic nitrogens is 3. The van der Waals surface area contributed by atoms with E-state index in [4.69, 9.17) is 0 Å². The molecule has 2 heterocycles. The summed E-state index contributed by atoms with van der Waals surface area (Å²) in [6.45, 7) is 0. The minimum Gasteiger partial charge on any atom is -0.269 e. The van der Waals surface area contributed by atoms with Crippen molar-refractivity contribution >= 4 is 0 Å². The molecule has 76 valence electrons. The Hall–Kier alpha value is -2.17. The van der Waals surface area contributed by atoms with Crippen molar-refractivity contribution in [3.8, 4) is 5.82 Å². The van der Waals surface area contributed by atoms with Crippen LogP contribution in [0.2, 0.25) is 0 Å². The molecule has 2 rings (SSSR count). The van der Waals surface area contributed by atoms with Crippen LogP contribution in [0.1, 0.15) is 0 Å². The second kappa shape index (κ2) is 3.53. The summed E-state index contributed by atoms with van der Waals surface area (Å²) in [5, 5.41) is 0. The molecule has 0 aliphatic rings. The molecule has 0 amide bonds. The first-order valence-electron chi connectivity index (χ1n) is 4.40. The molecule has 0 aliphatic heterocycles. The summed E-state index contributed by atoms with van der Waals surface area (Å²) in [5.74, 6) is 0.498. The van der Waals surface area contributed by atoms with Gasteiger partial charge >= 0.3 is 5.69 Å². The van der Waals surface area contributed by atoms with Crippen LogP contribution in [0.4, 0.5) is 0 Å². The number of rotatable bonds is 1. The molecule has 2 aromatic heterocycles. The molecule has 15 heavy (non-hydrogen) atoms. The molecular weight excluding hydrogens is 194 g/mol. The zero-order valence-corrected chi connectivity index (χ0v) is 8.12. The molecule has 5 nitrogen and oxygen atoms in total. The van der Waals surface area contributed by atoms with Crippen molar-refractivity contribution in [2.24, 2.45) is 7.05 Å². The second-order valence-corrected chi connectivity index (χ2v) is 3.05. The Morgan fingerprint density at radius 1 is 1.20 bits per heavy atom. The molecule has 0 aromatic carbocycles. The van der Waals surface area contributed by atoms with Gasteiger partial charge in [0.05, 0.1) is 0 Å². The summed E-state index contributed by atoms with van der Waals surface area (Å²) in [7, 11) is 1.43. The first-order chi connectivity index (χ1) is 7.20. The molecule has 0 spiro atoms. The fourth-order valence-corrected chi connectivity index (χ4v) is 1.24. The molecule has 0 saturated heterocycles. The van der Waals surface area contributed by atoms with Gasteiger partial charge in [-0.3, -0.25) is 13.9 Å². The van der Waals surface area contributed by atoms with Crippen molar-refractivity contribution in [1.82, 2.24) is 14.1 Å². The SMILES string of the molecule is Cn1c(=O)ccn(-c2ccccn2)c1=O. The standard InChI is InChI=1S/C10H9N3O2/c1-12-9(14)5-7-13(10(12)15)8-4-2-3-6-11-8/h2-7H,1H3. The van der Waals surface area contributed by atoms with Crippen molar-refractivity contribution in [3.63, 3.8) is 0 Å². The largest absolute Gasteiger partial charge is 0.336 e. The predicted octanol–water partition coefficient (Wildman–Crippen LogP) is -0.0688. The lowest BCUT2D eigenvalue weighted by molar-refractivity contribution is 0.720. The van der Waals surface area contributed by atoms with E-state index in [0.717, 1.165) is 4.57 Å². The Bertz CT molecular complexity index is 584. The highest BCUT2D eigenvalue weighted by atomic mass is 16.2. The molecule has 2 aromatic rings. The lowest BCUT2D eigenvalue weighted by atomic mass is 10.4. The Morgan fingerprint density at radius 3 is 2.67 bits per heavy atom. The zero-order valence-electron chi connectivity index (χ0n) is 8.12. The fraction of sp³-hybridized carbons (Fsp3) is 0.100. The maximum atomic E-state index is 11.7. The Kier molecular flexibility index (Phi) is 2.21.